The van der Waals surface area contributed by atoms with E-state index in [0.29, 0.717) is 0 Å². The van der Waals surface area contributed by atoms with E-state index in [1.807, 2.05) is 12.2 Å². The van der Waals surface area contributed by atoms with Gasteiger partial charge in [0.15, 0.2) is 0 Å². The van der Waals surface area contributed by atoms with Gasteiger partial charge in [0.05, 0.1) is 13.4 Å². The van der Waals surface area contributed by atoms with E-state index in [-0.39, 0.29) is 0 Å². The lowest BCUT2D eigenvalue weighted by Crippen LogP contribution is -1.62. The number of ether oxygens (including phenoxy) is 1. The molecule has 0 saturated heterocycles. The second-order valence-corrected chi connectivity index (χ2v) is 1.13. The average Bonchev–Trinajstić information content (AvgIpc) is 1.69. The predicted molar refractivity (Wildman–Crippen MR) is 31.0 cm³/mol. The number of hydrogen-bond donors (Lipinski definition) is 0. The SMILES string of the molecule is C=CC/C=C/OC. The summed E-state index contributed by atoms with van der Waals surface area (Å²) in [4.78, 5) is 0. The van der Waals surface area contributed by atoms with E-state index in [0.717, 1.165) is 6.42 Å². The molecule has 40 valence electrons. The third kappa shape index (κ3) is 5.28. The number of methoxy groups -OCH3 is 1. The van der Waals surface area contributed by atoms with E-state index in [9.17, 15) is 0 Å². The molecule has 0 spiro atoms. The molecule has 0 rings (SSSR count). The van der Waals surface area contributed by atoms with Gasteiger partial charge in [-0.25, -0.2) is 0 Å². The molecule has 0 amide bonds. The van der Waals surface area contributed by atoms with Crippen LogP contribution in [0.1, 0.15) is 6.42 Å². The first-order valence-electron chi connectivity index (χ1n) is 2.20. The molecular formula is C6H10O. The van der Waals surface area contributed by atoms with E-state index in [4.69, 9.17) is 0 Å². The van der Waals surface area contributed by atoms with Crippen LogP contribution in [0.3, 0.4) is 0 Å². The van der Waals surface area contributed by atoms with E-state index in [1.165, 1.54) is 0 Å². The molecule has 0 aromatic carbocycles. The summed E-state index contributed by atoms with van der Waals surface area (Å²) in [6.45, 7) is 3.53. The zero-order chi connectivity index (χ0) is 5.54. The molecule has 0 saturated carbocycles. The Labute approximate surface area is 44.3 Å². The molecule has 0 aliphatic rings. The second-order valence-electron chi connectivity index (χ2n) is 1.13. The third-order valence-corrected chi connectivity index (χ3v) is 0.535. The molecular weight excluding hydrogens is 88.1 g/mol. The van der Waals surface area contributed by atoms with Crippen molar-refractivity contribution in [2.45, 2.75) is 6.42 Å². The summed E-state index contributed by atoms with van der Waals surface area (Å²) >= 11 is 0. The lowest BCUT2D eigenvalue weighted by atomic mass is 10.4. The van der Waals surface area contributed by atoms with Crippen molar-refractivity contribution in [1.82, 2.24) is 0 Å². The van der Waals surface area contributed by atoms with Crippen LogP contribution in [-0.4, -0.2) is 7.11 Å². The Morgan fingerprint density at radius 1 is 1.71 bits per heavy atom. The van der Waals surface area contributed by atoms with Gasteiger partial charge in [0.25, 0.3) is 0 Å². The minimum absolute atomic E-state index is 0.883. The highest BCUT2D eigenvalue weighted by molar-refractivity contribution is 4.82. The van der Waals surface area contributed by atoms with Gasteiger partial charge in [-0.2, -0.15) is 0 Å². The van der Waals surface area contributed by atoms with Crippen molar-refractivity contribution in [2.24, 2.45) is 0 Å². The van der Waals surface area contributed by atoms with Crippen molar-refractivity contribution in [1.29, 1.82) is 0 Å². The van der Waals surface area contributed by atoms with E-state index >= 15 is 0 Å². The summed E-state index contributed by atoms with van der Waals surface area (Å²) in [5, 5.41) is 0. The standard InChI is InChI=1S/C6H10O/c1-3-4-5-6-7-2/h3,5-6H,1,4H2,2H3/b6-5+. The summed E-state index contributed by atoms with van der Waals surface area (Å²) < 4.78 is 4.62. The van der Waals surface area contributed by atoms with E-state index < -0.39 is 0 Å². The minimum Gasteiger partial charge on any atom is -0.505 e. The Kier molecular flexibility index (Phi) is 4.74. The largest absolute Gasteiger partial charge is 0.505 e. The van der Waals surface area contributed by atoms with Gasteiger partial charge in [0, 0.05) is 0 Å². The molecule has 0 aromatic rings. The molecule has 0 fully saturated rings. The Balaban J connectivity index is 2.92. The quantitative estimate of drug-likeness (QED) is 0.386. The topological polar surface area (TPSA) is 9.23 Å². The highest BCUT2D eigenvalue weighted by Crippen LogP contribution is 1.80. The smallest absolute Gasteiger partial charge is 0.0787 e. The van der Waals surface area contributed by atoms with Crippen LogP contribution in [-0.2, 0) is 4.74 Å². The molecule has 0 atom stereocenters. The molecule has 7 heavy (non-hydrogen) atoms. The van der Waals surface area contributed by atoms with Crippen molar-refractivity contribution in [3.05, 3.63) is 25.0 Å². The zero-order valence-electron chi connectivity index (χ0n) is 4.55. The lowest BCUT2D eigenvalue weighted by molar-refractivity contribution is 0.337. The first-order valence-corrected chi connectivity index (χ1v) is 2.20. The molecule has 0 aromatic heterocycles. The highest BCUT2D eigenvalue weighted by atomic mass is 16.5. The monoisotopic (exact) mass is 98.1 g/mol. The van der Waals surface area contributed by atoms with Gasteiger partial charge in [-0.15, -0.1) is 6.58 Å². The minimum atomic E-state index is 0.883. The maximum absolute atomic E-state index is 4.62. The highest BCUT2D eigenvalue weighted by Gasteiger charge is 1.62. The number of allylic oxidation sites excluding steroid dienone is 2. The van der Waals surface area contributed by atoms with E-state index in [1.54, 1.807) is 13.4 Å². The van der Waals surface area contributed by atoms with Gasteiger partial charge in [-0.3, -0.25) is 0 Å². The molecule has 0 bridgehead atoms. The van der Waals surface area contributed by atoms with Gasteiger partial charge in [-0.05, 0) is 12.5 Å². The fraction of sp³-hybridized carbons (Fsp3) is 0.333. The molecule has 0 unspecified atom stereocenters. The van der Waals surface area contributed by atoms with Gasteiger partial charge in [-0.1, -0.05) is 6.08 Å². The fourth-order valence-corrected chi connectivity index (χ4v) is 0.248. The summed E-state index contributed by atoms with van der Waals surface area (Å²) in [5.41, 5.74) is 0. The van der Waals surface area contributed by atoms with Gasteiger partial charge in [0.2, 0.25) is 0 Å². The zero-order valence-corrected chi connectivity index (χ0v) is 4.55. The average molecular weight is 98.1 g/mol. The molecule has 0 radical (unpaired) electrons. The second kappa shape index (κ2) is 5.28. The summed E-state index contributed by atoms with van der Waals surface area (Å²) in [7, 11) is 1.62. The fourth-order valence-electron chi connectivity index (χ4n) is 0.248. The van der Waals surface area contributed by atoms with E-state index in [2.05, 4.69) is 11.3 Å². The van der Waals surface area contributed by atoms with Crippen molar-refractivity contribution < 1.29 is 4.74 Å². The molecule has 0 N–H and O–H groups in total. The lowest BCUT2D eigenvalue weighted by Gasteiger charge is -1.81. The normalized spacial score (nSPS) is 9.29. The molecule has 0 heterocycles. The first kappa shape index (κ1) is 6.28. The Hall–Kier alpha value is -0.720. The number of rotatable bonds is 3. The van der Waals surface area contributed by atoms with Crippen LogP contribution in [0, 0.1) is 0 Å². The Morgan fingerprint density at radius 2 is 2.43 bits per heavy atom. The van der Waals surface area contributed by atoms with Crippen LogP contribution < -0.4 is 0 Å². The molecule has 0 aliphatic carbocycles. The van der Waals surface area contributed by atoms with Crippen molar-refractivity contribution in [2.75, 3.05) is 7.11 Å². The molecule has 1 nitrogen and oxygen atoms in total. The van der Waals surface area contributed by atoms with Crippen molar-refractivity contribution in [3.8, 4) is 0 Å². The van der Waals surface area contributed by atoms with Gasteiger partial charge in [0.1, 0.15) is 0 Å². The first-order chi connectivity index (χ1) is 3.41. The summed E-state index contributed by atoms with van der Waals surface area (Å²) in [6.07, 6.45) is 6.23. The van der Waals surface area contributed by atoms with Crippen LogP contribution >= 0.6 is 0 Å². The predicted octanol–water partition coefficient (Wildman–Crippen LogP) is 1.72. The maximum Gasteiger partial charge on any atom is 0.0787 e. The Morgan fingerprint density at radius 3 is 2.86 bits per heavy atom. The van der Waals surface area contributed by atoms with Crippen LogP contribution in [0.25, 0.3) is 0 Å². The molecule has 1 heteroatoms. The Bertz CT molecular complexity index is 64.6. The van der Waals surface area contributed by atoms with Crippen LogP contribution in [0.15, 0.2) is 25.0 Å². The van der Waals surface area contributed by atoms with Gasteiger partial charge >= 0.3 is 0 Å². The number of hydrogen-bond acceptors (Lipinski definition) is 1. The third-order valence-electron chi connectivity index (χ3n) is 0.535. The van der Waals surface area contributed by atoms with Gasteiger partial charge < -0.3 is 4.74 Å². The van der Waals surface area contributed by atoms with Crippen molar-refractivity contribution in [3.63, 3.8) is 0 Å². The van der Waals surface area contributed by atoms with Crippen molar-refractivity contribution >= 4 is 0 Å². The molecule has 0 aliphatic heterocycles. The van der Waals surface area contributed by atoms with Crippen LogP contribution in [0.5, 0.6) is 0 Å². The summed E-state index contributed by atoms with van der Waals surface area (Å²) in [6, 6.07) is 0. The van der Waals surface area contributed by atoms with Crippen LogP contribution in [0.4, 0.5) is 0 Å². The maximum atomic E-state index is 4.62. The summed E-state index contributed by atoms with van der Waals surface area (Å²) in [5.74, 6) is 0. The van der Waals surface area contributed by atoms with Crippen LogP contribution in [0.2, 0.25) is 0 Å².